The van der Waals surface area contributed by atoms with Gasteiger partial charge in [-0.3, -0.25) is 10.1 Å². The number of alkyl carbamates (subject to hydrolysis) is 1. The molecule has 3 aromatic carbocycles. The van der Waals surface area contributed by atoms with Gasteiger partial charge in [-0.25, -0.2) is 14.5 Å². The summed E-state index contributed by atoms with van der Waals surface area (Å²) in [7, 11) is 0. The summed E-state index contributed by atoms with van der Waals surface area (Å²) < 4.78 is 11.3. The lowest BCUT2D eigenvalue weighted by atomic mass is 9.97. The summed E-state index contributed by atoms with van der Waals surface area (Å²) >= 11 is 0. The molecule has 0 saturated heterocycles. The van der Waals surface area contributed by atoms with Gasteiger partial charge in [-0.15, -0.1) is 24.8 Å². The maximum atomic E-state index is 14.8. The molecular weight excluding hydrogens is 713 g/mol. The molecule has 0 spiro atoms. The second-order valence-electron chi connectivity index (χ2n) is 15.7. The third kappa shape index (κ3) is 16.8. The van der Waals surface area contributed by atoms with E-state index in [1.165, 1.54) is 0 Å². The number of amides is 3. The van der Waals surface area contributed by atoms with Gasteiger partial charge in [0.2, 0.25) is 5.91 Å². The number of carbonyl (C=O) groups excluding carboxylic acids is 3. The van der Waals surface area contributed by atoms with Crippen LogP contribution < -0.4 is 10.6 Å². The van der Waals surface area contributed by atoms with Crippen molar-refractivity contribution in [2.24, 2.45) is 5.92 Å². The molecule has 0 bridgehead atoms. The SMILES string of the molecule is CCCC[C@@H](CN(C(=O)OC(C)(C)C)C(=O)[C@H](Cc1ccc(O)cc1)N[C@H](/C=C/c1cccc2ccccc12)CC(C)C)NC(=O)OC(C)(C)C.Cl.Cl. The van der Waals surface area contributed by atoms with Gasteiger partial charge >= 0.3 is 12.2 Å². The van der Waals surface area contributed by atoms with E-state index >= 15 is 0 Å². The third-order valence-electron chi connectivity index (χ3n) is 8.06. The number of halogens is 2. The van der Waals surface area contributed by atoms with E-state index in [2.05, 4.69) is 60.9 Å². The van der Waals surface area contributed by atoms with Crippen LogP contribution in [0.4, 0.5) is 9.59 Å². The molecule has 3 atom stereocenters. The van der Waals surface area contributed by atoms with Crippen molar-refractivity contribution < 1.29 is 29.0 Å². The molecule has 3 rings (SSSR count). The number of aromatic hydroxyl groups is 1. The number of hydrogen-bond donors (Lipinski definition) is 3. The number of nitrogens with zero attached hydrogens (tertiary/aromatic N) is 1. The van der Waals surface area contributed by atoms with Gasteiger partial charge in [0.1, 0.15) is 17.0 Å². The molecule has 0 fully saturated rings. The van der Waals surface area contributed by atoms with Gasteiger partial charge in [0.05, 0.1) is 18.6 Å². The van der Waals surface area contributed by atoms with Crippen molar-refractivity contribution in [1.29, 1.82) is 0 Å². The minimum Gasteiger partial charge on any atom is -0.508 e. The molecule has 0 aromatic heterocycles. The van der Waals surface area contributed by atoms with Crippen molar-refractivity contribution in [3.05, 3.63) is 83.9 Å². The van der Waals surface area contributed by atoms with Gasteiger partial charge < -0.3 is 19.9 Å². The van der Waals surface area contributed by atoms with Gasteiger partial charge in [-0.05, 0) is 101 Å². The van der Waals surface area contributed by atoms with Crippen molar-refractivity contribution >= 4 is 59.8 Å². The summed E-state index contributed by atoms with van der Waals surface area (Å²) in [6, 6.07) is 19.5. The number of phenols is 1. The van der Waals surface area contributed by atoms with Crippen LogP contribution in [-0.4, -0.2) is 64.0 Å². The first-order chi connectivity index (χ1) is 23.9. The van der Waals surface area contributed by atoms with Crippen molar-refractivity contribution in [3.63, 3.8) is 0 Å². The molecule has 53 heavy (non-hydrogen) atoms. The van der Waals surface area contributed by atoms with Gasteiger partial charge in [0, 0.05) is 6.04 Å². The number of carbonyl (C=O) groups is 3. The Kier molecular flexibility index (Phi) is 19.4. The molecule has 11 heteroatoms. The van der Waals surface area contributed by atoms with Crippen LogP contribution >= 0.6 is 24.8 Å². The first kappa shape index (κ1) is 47.2. The number of benzene rings is 3. The molecule has 3 amide bonds. The molecule has 294 valence electrons. The molecule has 0 radical (unpaired) electrons. The molecule has 0 aliphatic carbocycles. The first-order valence-electron chi connectivity index (χ1n) is 18.2. The Labute approximate surface area is 329 Å². The summed E-state index contributed by atoms with van der Waals surface area (Å²) in [5.41, 5.74) is 0.282. The van der Waals surface area contributed by atoms with E-state index in [-0.39, 0.29) is 49.6 Å². The Bertz CT molecular complexity index is 1610. The average Bonchev–Trinajstić information content (AvgIpc) is 3.03. The molecule has 0 aliphatic rings. The van der Waals surface area contributed by atoms with Gasteiger partial charge in [-0.2, -0.15) is 0 Å². The van der Waals surface area contributed by atoms with Crippen LogP contribution in [0.3, 0.4) is 0 Å². The fourth-order valence-corrected chi connectivity index (χ4v) is 5.78. The first-order valence-corrected chi connectivity index (χ1v) is 18.2. The predicted molar refractivity (Wildman–Crippen MR) is 220 cm³/mol. The smallest absolute Gasteiger partial charge is 0.417 e. The molecule has 0 unspecified atom stereocenters. The minimum atomic E-state index is -0.867. The van der Waals surface area contributed by atoms with Gasteiger partial charge in [-0.1, -0.05) is 100 Å². The molecule has 0 aliphatic heterocycles. The summed E-state index contributed by atoms with van der Waals surface area (Å²) in [5.74, 6) is -0.0627. The van der Waals surface area contributed by atoms with Crippen molar-refractivity contribution in [2.45, 2.75) is 124 Å². The maximum Gasteiger partial charge on any atom is 0.417 e. The molecule has 3 aromatic rings. The van der Waals surface area contributed by atoms with E-state index in [1.54, 1.807) is 65.8 Å². The van der Waals surface area contributed by atoms with E-state index in [1.807, 2.05) is 25.1 Å². The number of imide groups is 1. The zero-order valence-electron chi connectivity index (χ0n) is 32.8. The zero-order chi connectivity index (χ0) is 37.8. The van der Waals surface area contributed by atoms with Crippen LogP contribution in [0.1, 0.15) is 99.1 Å². The van der Waals surface area contributed by atoms with Crippen molar-refractivity contribution in [2.75, 3.05) is 6.54 Å². The largest absolute Gasteiger partial charge is 0.508 e. The summed E-state index contributed by atoms with van der Waals surface area (Å²) in [6.07, 6.45) is 5.90. The molecule has 3 N–H and O–H groups in total. The number of unbranched alkanes of at least 4 members (excludes halogenated alkanes) is 1. The summed E-state index contributed by atoms with van der Waals surface area (Å²) in [5, 5.41) is 18.7. The lowest BCUT2D eigenvalue weighted by Crippen LogP contribution is -2.56. The highest BCUT2D eigenvalue weighted by molar-refractivity contribution is 5.95. The maximum absolute atomic E-state index is 14.8. The Balaban J connectivity index is 0.00000702. The van der Waals surface area contributed by atoms with Crippen LogP contribution in [0.15, 0.2) is 72.8 Å². The number of nitrogens with one attached hydrogen (secondary N) is 2. The van der Waals surface area contributed by atoms with E-state index < -0.39 is 41.4 Å². The number of ether oxygens (including phenoxy) is 2. The lowest BCUT2D eigenvalue weighted by Gasteiger charge is -2.33. The summed E-state index contributed by atoms with van der Waals surface area (Å²) in [4.78, 5) is 42.7. The Morgan fingerprint density at radius 1 is 0.868 bits per heavy atom. The monoisotopic (exact) mass is 773 g/mol. The molecular formula is C42H61Cl2N3O6. The lowest BCUT2D eigenvalue weighted by molar-refractivity contribution is -0.133. The van der Waals surface area contributed by atoms with Crippen LogP contribution in [-0.2, 0) is 20.7 Å². The van der Waals surface area contributed by atoms with Gasteiger partial charge in [0.25, 0.3) is 0 Å². The van der Waals surface area contributed by atoms with E-state index in [4.69, 9.17) is 9.47 Å². The second kappa shape index (κ2) is 21.8. The van der Waals surface area contributed by atoms with Crippen LogP contribution in [0.25, 0.3) is 16.8 Å². The second-order valence-corrected chi connectivity index (χ2v) is 15.7. The average molecular weight is 775 g/mol. The number of fused-ring (bicyclic) bond motifs is 1. The Morgan fingerprint density at radius 3 is 2.09 bits per heavy atom. The van der Waals surface area contributed by atoms with Crippen LogP contribution in [0.5, 0.6) is 5.75 Å². The normalized spacial score (nSPS) is 13.4. The Hall–Kier alpha value is -3.79. The molecule has 0 heterocycles. The standard InChI is InChI=1S/C42H59N3O6.2ClH/c1-10-11-18-34(44-39(48)50-41(4,5)6)28-45(40(49)51-42(7,8)9)38(47)37(27-30-20-24-35(46)25-21-30)43-33(26-29(2)3)23-22-32-17-14-16-31-15-12-13-19-36(31)32;;/h12-17,19-25,29,33-34,37,43,46H,10-11,18,26-28H2,1-9H3,(H,44,48);2*1H/b23-22+;;/t33-,34+,37+;;/m1../s1. The highest BCUT2D eigenvalue weighted by atomic mass is 35.5. The van der Waals surface area contributed by atoms with Gasteiger partial charge in [0.15, 0.2) is 0 Å². The topological polar surface area (TPSA) is 117 Å². The summed E-state index contributed by atoms with van der Waals surface area (Å²) in [6.45, 7) is 16.8. The third-order valence-corrected chi connectivity index (χ3v) is 8.06. The zero-order valence-corrected chi connectivity index (χ0v) is 34.4. The fraction of sp³-hybridized carbons (Fsp3) is 0.500. The van der Waals surface area contributed by atoms with E-state index in [0.717, 1.165) is 46.1 Å². The molecule has 9 nitrogen and oxygen atoms in total. The van der Waals surface area contributed by atoms with E-state index in [9.17, 15) is 19.5 Å². The highest BCUT2D eigenvalue weighted by Gasteiger charge is 2.35. The number of rotatable bonds is 15. The van der Waals surface area contributed by atoms with Crippen molar-refractivity contribution in [1.82, 2.24) is 15.5 Å². The number of hydrogen-bond acceptors (Lipinski definition) is 7. The van der Waals surface area contributed by atoms with E-state index in [0.29, 0.717) is 12.3 Å². The quantitative estimate of drug-likeness (QED) is 0.141. The fourth-order valence-electron chi connectivity index (χ4n) is 5.78. The highest BCUT2D eigenvalue weighted by Crippen LogP contribution is 2.22. The van der Waals surface area contributed by atoms with Crippen LogP contribution in [0, 0.1) is 5.92 Å². The molecule has 0 saturated carbocycles. The predicted octanol–water partition coefficient (Wildman–Crippen LogP) is 9.86. The van der Waals surface area contributed by atoms with Crippen molar-refractivity contribution in [3.8, 4) is 5.75 Å². The number of phenolic OH excluding ortho intramolecular Hbond substituents is 1. The van der Waals surface area contributed by atoms with Crippen LogP contribution in [0.2, 0.25) is 0 Å². The minimum absolute atomic E-state index is 0. The Morgan fingerprint density at radius 2 is 1.49 bits per heavy atom.